The molecule has 2 rings (SSSR count). The van der Waals surface area contributed by atoms with Crippen LogP contribution in [0.2, 0.25) is 0 Å². The van der Waals surface area contributed by atoms with Crippen LogP contribution in [0.4, 0.5) is 0 Å². The molecule has 2 atom stereocenters. The van der Waals surface area contributed by atoms with Crippen molar-refractivity contribution in [1.29, 1.82) is 0 Å². The predicted molar refractivity (Wildman–Crippen MR) is 77.4 cm³/mol. The summed E-state index contributed by atoms with van der Waals surface area (Å²) in [6, 6.07) is 5.84. The molecule has 1 aliphatic heterocycles. The third-order valence-electron chi connectivity index (χ3n) is 3.42. The highest BCUT2D eigenvalue weighted by Gasteiger charge is 2.23. The maximum Gasteiger partial charge on any atom is 0.234 e. The number of hydrazine groups is 1. The van der Waals surface area contributed by atoms with Gasteiger partial charge in [-0.3, -0.25) is 10.2 Å². The number of carbonyl (C=O) groups is 1. The summed E-state index contributed by atoms with van der Waals surface area (Å²) in [5.74, 6) is 1.68. The SMILES string of the molecule is COc1cccc(/C=C/C2NNC(=O)CC2C)c1OC. The van der Waals surface area contributed by atoms with Crippen LogP contribution in [-0.2, 0) is 4.79 Å². The topological polar surface area (TPSA) is 59.6 Å². The molecule has 0 spiro atoms. The van der Waals surface area contributed by atoms with E-state index in [1.54, 1.807) is 14.2 Å². The first-order valence-corrected chi connectivity index (χ1v) is 6.59. The Morgan fingerprint density at radius 1 is 1.30 bits per heavy atom. The Hall–Kier alpha value is -2.01. The molecule has 0 bridgehead atoms. The monoisotopic (exact) mass is 276 g/mol. The van der Waals surface area contributed by atoms with Crippen molar-refractivity contribution in [2.45, 2.75) is 19.4 Å². The molecule has 1 heterocycles. The molecule has 0 saturated carbocycles. The Morgan fingerprint density at radius 3 is 2.75 bits per heavy atom. The third kappa shape index (κ3) is 3.11. The molecule has 1 aromatic carbocycles. The number of ether oxygens (including phenoxy) is 2. The van der Waals surface area contributed by atoms with Crippen molar-refractivity contribution in [3.63, 3.8) is 0 Å². The molecule has 5 heteroatoms. The van der Waals surface area contributed by atoms with Crippen molar-refractivity contribution in [3.8, 4) is 11.5 Å². The summed E-state index contributed by atoms with van der Waals surface area (Å²) in [4.78, 5) is 11.2. The maximum absolute atomic E-state index is 11.2. The Kier molecular flexibility index (Phi) is 4.63. The van der Waals surface area contributed by atoms with Gasteiger partial charge in [-0.2, -0.15) is 0 Å². The fourth-order valence-corrected chi connectivity index (χ4v) is 2.26. The van der Waals surface area contributed by atoms with Crippen molar-refractivity contribution < 1.29 is 14.3 Å². The van der Waals surface area contributed by atoms with E-state index in [1.807, 2.05) is 37.3 Å². The number of amides is 1. The first-order chi connectivity index (χ1) is 9.65. The van der Waals surface area contributed by atoms with Crippen LogP contribution in [0.1, 0.15) is 18.9 Å². The Bertz CT molecular complexity index is 514. The minimum Gasteiger partial charge on any atom is -0.493 e. The summed E-state index contributed by atoms with van der Waals surface area (Å²) in [5.41, 5.74) is 6.59. The van der Waals surface area contributed by atoms with Gasteiger partial charge < -0.3 is 9.47 Å². The fourth-order valence-electron chi connectivity index (χ4n) is 2.26. The number of para-hydroxylation sites is 1. The van der Waals surface area contributed by atoms with Gasteiger partial charge in [0.2, 0.25) is 5.91 Å². The lowest BCUT2D eigenvalue weighted by atomic mass is 9.95. The third-order valence-corrected chi connectivity index (χ3v) is 3.42. The minimum absolute atomic E-state index is 0.0288. The summed E-state index contributed by atoms with van der Waals surface area (Å²) in [6.45, 7) is 2.05. The van der Waals surface area contributed by atoms with Gasteiger partial charge in [-0.1, -0.05) is 31.2 Å². The molecule has 2 unspecified atom stereocenters. The smallest absolute Gasteiger partial charge is 0.234 e. The molecule has 1 amide bonds. The lowest BCUT2D eigenvalue weighted by Crippen LogP contribution is -2.52. The molecule has 5 nitrogen and oxygen atoms in total. The molecule has 108 valence electrons. The van der Waals surface area contributed by atoms with E-state index in [0.29, 0.717) is 17.9 Å². The molecule has 1 saturated heterocycles. The van der Waals surface area contributed by atoms with Gasteiger partial charge in [0.1, 0.15) is 0 Å². The highest BCUT2D eigenvalue weighted by Crippen LogP contribution is 2.31. The lowest BCUT2D eigenvalue weighted by molar-refractivity contribution is -0.125. The molecule has 1 fully saturated rings. The van der Waals surface area contributed by atoms with E-state index in [2.05, 4.69) is 10.9 Å². The molecule has 0 radical (unpaired) electrons. The number of hydrogen-bond acceptors (Lipinski definition) is 4. The summed E-state index contributed by atoms with van der Waals surface area (Å²) in [7, 11) is 3.24. The van der Waals surface area contributed by atoms with Gasteiger partial charge in [-0.15, -0.1) is 0 Å². The molecular formula is C15H20N2O3. The number of benzene rings is 1. The van der Waals surface area contributed by atoms with Gasteiger partial charge in [-0.25, -0.2) is 5.43 Å². The first-order valence-electron chi connectivity index (χ1n) is 6.59. The second kappa shape index (κ2) is 6.43. The zero-order valence-electron chi connectivity index (χ0n) is 12.0. The summed E-state index contributed by atoms with van der Waals surface area (Å²) < 4.78 is 10.7. The van der Waals surface area contributed by atoms with E-state index < -0.39 is 0 Å². The number of carbonyl (C=O) groups excluding carboxylic acids is 1. The van der Waals surface area contributed by atoms with E-state index in [4.69, 9.17) is 9.47 Å². The largest absolute Gasteiger partial charge is 0.493 e. The van der Waals surface area contributed by atoms with Crippen molar-refractivity contribution in [3.05, 3.63) is 29.8 Å². The van der Waals surface area contributed by atoms with Gasteiger partial charge in [0, 0.05) is 18.0 Å². The van der Waals surface area contributed by atoms with Crippen molar-refractivity contribution >= 4 is 12.0 Å². The second-order valence-electron chi connectivity index (χ2n) is 4.84. The number of hydrogen-bond donors (Lipinski definition) is 2. The minimum atomic E-state index is 0.0288. The van der Waals surface area contributed by atoms with Crippen LogP contribution < -0.4 is 20.3 Å². The zero-order valence-corrected chi connectivity index (χ0v) is 12.0. The Labute approximate surface area is 118 Å². The average molecular weight is 276 g/mol. The maximum atomic E-state index is 11.2. The van der Waals surface area contributed by atoms with Crippen molar-refractivity contribution in [2.24, 2.45) is 5.92 Å². The first kappa shape index (κ1) is 14.4. The Morgan fingerprint density at radius 2 is 2.10 bits per heavy atom. The van der Waals surface area contributed by atoms with Gasteiger partial charge >= 0.3 is 0 Å². The molecule has 0 aliphatic carbocycles. The molecular weight excluding hydrogens is 256 g/mol. The lowest BCUT2D eigenvalue weighted by Gasteiger charge is -2.27. The molecule has 2 N–H and O–H groups in total. The molecule has 0 aromatic heterocycles. The number of methoxy groups -OCH3 is 2. The highest BCUT2D eigenvalue weighted by atomic mass is 16.5. The molecule has 1 aromatic rings. The van der Waals surface area contributed by atoms with Crippen LogP contribution in [0.25, 0.3) is 6.08 Å². The van der Waals surface area contributed by atoms with E-state index in [1.165, 1.54) is 0 Å². The highest BCUT2D eigenvalue weighted by molar-refractivity contribution is 5.76. The van der Waals surface area contributed by atoms with E-state index in [0.717, 1.165) is 5.56 Å². The summed E-state index contributed by atoms with van der Waals surface area (Å²) in [6.07, 6.45) is 4.53. The van der Waals surface area contributed by atoms with Crippen molar-refractivity contribution in [2.75, 3.05) is 14.2 Å². The standard InChI is InChI=1S/C15H20N2O3/c1-10-9-14(18)17-16-12(10)8-7-11-5-4-6-13(19-2)15(11)20-3/h4-8,10,12,16H,9H2,1-3H3,(H,17,18)/b8-7+. The van der Waals surface area contributed by atoms with E-state index in [-0.39, 0.29) is 17.9 Å². The van der Waals surface area contributed by atoms with Crippen LogP contribution in [0, 0.1) is 5.92 Å². The second-order valence-corrected chi connectivity index (χ2v) is 4.84. The molecule has 20 heavy (non-hydrogen) atoms. The van der Waals surface area contributed by atoms with Crippen LogP contribution in [0.15, 0.2) is 24.3 Å². The summed E-state index contributed by atoms with van der Waals surface area (Å²) in [5, 5.41) is 0. The number of nitrogens with one attached hydrogen (secondary N) is 2. The summed E-state index contributed by atoms with van der Waals surface area (Å²) >= 11 is 0. The van der Waals surface area contributed by atoms with Gasteiger partial charge in [0.15, 0.2) is 11.5 Å². The van der Waals surface area contributed by atoms with Crippen LogP contribution in [0.5, 0.6) is 11.5 Å². The Balaban J connectivity index is 2.17. The van der Waals surface area contributed by atoms with Crippen molar-refractivity contribution in [1.82, 2.24) is 10.9 Å². The predicted octanol–water partition coefficient (Wildman–Crippen LogP) is 1.75. The van der Waals surface area contributed by atoms with Crippen LogP contribution in [0.3, 0.4) is 0 Å². The van der Waals surface area contributed by atoms with Gasteiger partial charge in [-0.05, 0) is 12.0 Å². The van der Waals surface area contributed by atoms with Gasteiger partial charge in [0.05, 0.1) is 14.2 Å². The van der Waals surface area contributed by atoms with E-state index in [9.17, 15) is 4.79 Å². The average Bonchev–Trinajstić information content (AvgIpc) is 2.45. The number of rotatable bonds is 4. The van der Waals surface area contributed by atoms with Crippen LogP contribution >= 0.6 is 0 Å². The van der Waals surface area contributed by atoms with Gasteiger partial charge in [0.25, 0.3) is 0 Å². The quantitative estimate of drug-likeness (QED) is 0.879. The fraction of sp³-hybridized carbons (Fsp3) is 0.400. The van der Waals surface area contributed by atoms with E-state index >= 15 is 0 Å². The zero-order chi connectivity index (χ0) is 14.5. The van der Waals surface area contributed by atoms with Crippen LogP contribution in [-0.4, -0.2) is 26.2 Å². The molecule has 1 aliphatic rings. The normalized spacial score (nSPS) is 22.6.